The number of carbonyl (C=O) groups excluding carboxylic acids is 1. The number of benzene rings is 1. The molecule has 4 heteroatoms. The summed E-state index contributed by atoms with van der Waals surface area (Å²) in [5, 5.41) is 1.99. The zero-order valence-corrected chi connectivity index (χ0v) is 11.0. The Bertz CT molecular complexity index is 426. The van der Waals surface area contributed by atoms with E-state index in [-0.39, 0.29) is 5.91 Å². The molecule has 2 rings (SSSR count). The summed E-state index contributed by atoms with van der Waals surface area (Å²) in [5.74, 6) is 0.535. The van der Waals surface area contributed by atoms with E-state index in [2.05, 4.69) is 5.43 Å². The highest BCUT2D eigenvalue weighted by Crippen LogP contribution is 2.19. The first-order chi connectivity index (χ1) is 8.70. The summed E-state index contributed by atoms with van der Waals surface area (Å²) in [5.41, 5.74) is 4.61. The van der Waals surface area contributed by atoms with E-state index in [0.717, 1.165) is 31.5 Å². The van der Waals surface area contributed by atoms with Gasteiger partial charge in [0.25, 0.3) is 5.91 Å². The lowest BCUT2D eigenvalue weighted by Gasteiger charge is -2.27. The Hall–Kier alpha value is -1.55. The summed E-state index contributed by atoms with van der Waals surface area (Å²) in [7, 11) is 1.59. The molecule has 1 aliphatic heterocycles. The van der Waals surface area contributed by atoms with Crippen molar-refractivity contribution in [2.45, 2.75) is 26.2 Å². The number of nitrogens with zero attached hydrogens (tertiary/aromatic N) is 1. The third kappa shape index (κ3) is 3.01. The van der Waals surface area contributed by atoms with E-state index in [4.69, 9.17) is 4.74 Å². The summed E-state index contributed by atoms with van der Waals surface area (Å²) >= 11 is 0. The summed E-state index contributed by atoms with van der Waals surface area (Å²) in [6.07, 6.45) is 3.54. The molecule has 1 aliphatic rings. The van der Waals surface area contributed by atoms with Crippen LogP contribution < -0.4 is 10.2 Å². The Labute approximate surface area is 108 Å². The minimum atomic E-state index is -0.0857. The van der Waals surface area contributed by atoms with Gasteiger partial charge in [0.15, 0.2) is 0 Å². The van der Waals surface area contributed by atoms with Crippen LogP contribution in [-0.2, 0) is 0 Å². The highest BCUT2D eigenvalue weighted by molar-refractivity contribution is 5.96. The molecule has 1 aromatic rings. The standard InChI is InChI=1S/C14H20N2O2/c1-11-6-7-13(18-2)12(10-11)14(17)15-16-8-4-3-5-9-16/h6-7,10H,3-5,8-9H2,1-2H3,(H,15,17). The molecule has 1 amide bonds. The van der Waals surface area contributed by atoms with Crippen molar-refractivity contribution in [2.75, 3.05) is 20.2 Å². The number of piperidine rings is 1. The van der Waals surface area contributed by atoms with Crippen LogP contribution in [0.1, 0.15) is 35.2 Å². The first-order valence-electron chi connectivity index (χ1n) is 6.41. The zero-order chi connectivity index (χ0) is 13.0. The quantitative estimate of drug-likeness (QED) is 0.891. The Morgan fingerprint density at radius 1 is 1.28 bits per heavy atom. The average molecular weight is 248 g/mol. The van der Waals surface area contributed by atoms with Crippen molar-refractivity contribution in [3.05, 3.63) is 29.3 Å². The molecule has 1 heterocycles. The van der Waals surface area contributed by atoms with Crippen molar-refractivity contribution in [2.24, 2.45) is 0 Å². The molecule has 0 saturated carbocycles. The van der Waals surface area contributed by atoms with E-state index in [1.54, 1.807) is 7.11 Å². The maximum atomic E-state index is 12.2. The summed E-state index contributed by atoms with van der Waals surface area (Å²) in [6.45, 7) is 3.83. The van der Waals surface area contributed by atoms with Gasteiger partial charge in [-0.25, -0.2) is 5.01 Å². The molecule has 0 atom stereocenters. The van der Waals surface area contributed by atoms with E-state index in [1.807, 2.05) is 30.1 Å². The molecule has 1 fully saturated rings. The van der Waals surface area contributed by atoms with E-state index < -0.39 is 0 Å². The van der Waals surface area contributed by atoms with Crippen molar-refractivity contribution in [1.29, 1.82) is 0 Å². The molecule has 0 bridgehead atoms. The molecular formula is C14H20N2O2. The number of nitrogens with one attached hydrogen (secondary N) is 1. The number of ether oxygens (including phenoxy) is 1. The first-order valence-corrected chi connectivity index (χ1v) is 6.41. The Kier molecular flexibility index (Phi) is 4.20. The minimum absolute atomic E-state index is 0.0857. The van der Waals surface area contributed by atoms with Crippen molar-refractivity contribution < 1.29 is 9.53 Å². The molecule has 0 unspecified atom stereocenters. The van der Waals surface area contributed by atoms with Crippen LogP contribution in [0.3, 0.4) is 0 Å². The largest absolute Gasteiger partial charge is 0.496 e. The second kappa shape index (κ2) is 5.87. The number of rotatable bonds is 3. The lowest BCUT2D eigenvalue weighted by Crippen LogP contribution is -2.45. The minimum Gasteiger partial charge on any atom is -0.496 e. The van der Waals surface area contributed by atoms with E-state index in [9.17, 15) is 4.79 Å². The fourth-order valence-electron chi connectivity index (χ4n) is 2.21. The number of aryl methyl sites for hydroxylation is 1. The van der Waals surface area contributed by atoms with Crippen LogP contribution >= 0.6 is 0 Å². The maximum absolute atomic E-state index is 12.2. The van der Waals surface area contributed by atoms with Crippen molar-refractivity contribution >= 4 is 5.91 Å². The Morgan fingerprint density at radius 3 is 2.67 bits per heavy atom. The van der Waals surface area contributed by atoms with Crippen LogP contribution in [0.5, 0.6) is 5.75 Å². The number of hydrogen-bond acceptors (Lipinski definition) is 3. The number of amides is 1. The molecule has 0 aliphatic carbocycles. The molecule has 0 radical (unpaired) electrons. The Balaban J connectivity index is 2.09. The smallest absolute Gasteiger partial charge is 0.269 e. The van der Waals surface area contributed by atoms with Crippen molar-refractivity contribution in [3.63, 3.8) is 0 Å². The van der Waals surface area contributed by atoms with E-state index in [1.165, 1.54) is 6.42 Å². The second-order valence-electron chi connectivity index (χ2n) is 4.69. The molecule has 18 heavy (non-hydrogen) atoms. The molecule has 1 aromatic carbocycles. The monoisotopic (exact) mass is 248 g/mol. The first kappa shape index (κ1) is 12.9. The molecular weight excluding hydrogens is 228 g/mol. The normalized spacial score (nSPS) is 16.3. The molecule has 4 nitrogen and oxygen atoms in total. The zero-order valence-electron chi connectivity index (χ0n) is 11.0. The second-order valence-corrected chi connectivity index (χ2v) is 4.69. The lowest BCUT2D eigenvalue weighted by atomic mass is 10.1. The number of hydrazine groups is 1. The van der Waals surface area contributed by atoms with Gasteiger partial charge in [-0.2, -0.15) is 0 Å². The van der Waals surface area contributed by atoms with Gasteiger partial charge in [0, 0.05) is 13.1 Å². The van der Waals surface area contributed by atoms with Gasteiger partial charge in [-0.15, -0.1) is 0 Å². The topological polar surface area (TPSA) is 41.6 Å². The number of hydrogen-bond donors (Lipinski definition) is 1. The lowest BCUT2D eigenvalue weighted by molar-refractivity contribution is 0.0747. The van der Waals surface area contributed by atoms with Crippen molar-refractivity contribution in [3.8, 4) is 5.75 Å². The van der Waals surface area contributed by atoms with E-state index in [0.29, 0.717) is 11.3 Å². The Morgan fingerprint density at radius 2 is 2.00 bits per heavy atom. The summed E-state index contributed by atoms with van der Waals surface area (Å²) in [4.78, 5) is 12.2. The van der Waals surface area contributed by atoms with Gasteiger partial charge in [0.05, 0.1) is 12.7 Å². The van der Waals surface area contributed by atoms with Crippen LogP contribution in [0, 0.1) is 6.92 Å². The highest BCUT2D eigenvalue weighted by Gasteiger charge is 2.17. The van der Waals surface area contributed by atoms with Gasteiger partial charge in [-0.1, -0.05) is 18.1 Å². The number of carbonyl (C=O) groups is 1. The molecule has 98 valence electrons. The fraction of sp³-hybridized carbons (Fsp3) is 0.500. The molecule has 1 N–H and O–H groups in total. The van der Waals surface area contributed by atoms with E-state index >= 15 is 0 Å². The maximum Gasteiger partial charge on any atom is 0.269 e. The van der Waals surface area contributed by atoms with Crippen LogP contribution in [0.4, 0.5) is 0 Å². The van der Waals surface area contributed by atoms with Gasteiger partial charge in [0.2, 0.25) is 0 Å². The highest BCUT2D eigenvalue weighted by atomic mass is 16.5. The van der Waals surface area contributed by atoms with Crippen LogP contribution in [0.2, 0.25) is 0 Å². The van der Waals surface area contributed by atoms with Crippen LogP contribution in [-0.4, -0.2) is 31.1 Å². The predicted molar refractivity (Wildman–Crippen MR) is 70.6 cm³/mol. The van der Waals surface area contributed by atoms with Crippen LogP contribution in [0.25, 0.3) is 0 Å². The van der Waals surface area contributed by atoms with Crippen molar-refractivity contribution in [1.82, 2.24) is 10.4 Å². The summed E-state index contributed by atoms with van der Waals surface area (Å²) < 4.78 is 5.23. The molecule has 0 aromatic heterocycles. The SMILES string of the molecule is COc1ccc(C)cc1C(=O)NN1CCCCC1. The third-order valence-electron chi connectivity index (χ3n) is 3.22. The fourth-order valence-corrected chi connectivity index (χ4v) is 2.21. The summed E-state index contributed by atoms with van der Waals surface area (Å²) in [6, 6.07) is 5.63. The van der Waals surface area contributed by atoms with Gasteiger partial charge < -0.3 is 4.74 Å². The molecule has 0 spiro atoms. The van der Waals surface area contributed by atoms with Gasteiger partial charge in [-0.3, -0.25) is 10.2 Å². The van der Waals surface area contributed by atoms with Gasteiger partial charge >= 0.3 is 0 Å². The third-order valence-corrected chi connectivity index (χ3v) is 3.22. The van der Waals surface area contributed by atoms with Gasteiger partial charge in [-0.05, 0) is 31.9 Å². The predicted octanol–water partition coefficient (Wildman–Crippen LogP) is 2.13. The number of methoxy groups -OCH3 is 1. The average Bonchev–Trinajstić information content (AvgIpc) is 2.40. The van der Waals surface area contributed by atoms with Crippen LogP contribution in [0.15, 0.2) is 18.2 Å². The molecule has 1 saturated heterocycles. The van der Waals surface area contributed by atoms with Gasteiger partial charge in [0.1, 0.15) is 5.75 Å².